The number of fused-ring (bicyclic) bond motifs is 1. The molecule has 1 aliphatic rings. The van der Waals surface area contributed by atoms with Gasteiger partial charge in [-0.1, -0.05) is 30.3 Å². The maximum Gasteiger partial charge on any atom is 0.413 e. The lowest BCUT2D eigenvalue weighted by molar-refractivity contribution is -0.130. The fourth-order valence-electron chi connectivity index (χ4n) is 4.36. The predicted molar refractivity (Wildman–Crippen MR) is 164 cm³/mol. The molecule has 248 valence electrons. The second-order valence-corrected chi connectivity index (χ2v) is 13.9. The third-order valence-corrected chi connectivity index (χ3v) is 10.0. The number of sulfone groups is 1. The van der Waals surface area contributed by atoms with E-state index in [4.69, 9.17) is 4.74 Å². The molecular formula is C30H27F4N5O6S2. The highest BCUT2D eigenvalue weighted by Gasteiger charge is 2.40. The number of halogens is 4. The van der Waals surface area contributed by atoms with Gasteiger partial charge in [0, 0.05) is 29.4 Å². The fourth-order valence-corrected chi connectivity index (χ4v) is 7.44. The zero-order valence-electron chi connectivity index (χ0n) is 24.3. The van der Waals surface area contributed by atoms with Crippen LogP contribution in [-0.4, -0.2) is 60.8 Å². The Bertz CT molecular complexity index is 1880. The average Bonchev–Trinajstić information content (AvgIpc) is 3.75. The summed E-state index contributed by atoms with van der Waals surface area (Å²) in [6.07, 6.45) is -4.47. The van der Waals surface area contributed by atoms with Gasteiger partial charge in [-0.2, -0.15) is 13.2 Å². The lowest BCUT2D eigenvalue weighted by Gasteiger charge is -2.16. The highest BCUT2D eigenvalue weighted by Crippen LogP contribution is 2.36. The zero-order valence-corrected chi connectivity index (χ0v) is 26.0. The fraction of sp³-hybridized carbons (Fsp3) is 0.300. The van der Waals surface area contributed by atoms with Gasteiger partial charge in [0.15, 0.2) is 15.1 Å². The van der Waals surface area contributed by atoms with E-state index in [0.29, 0.717) is 11.3 Å². The van der Waals surface area contributed by atoms with Crippen molar-refractivity contribution in [3.63, 3.8) is 0 Å². The van der Waals surface area contributed by atoms with Gasteiger partial charge in [0.05, 0.1) is 28.9 Å². The van der Waals surface area contributed by atoms with Crippen LogP contribution in [0.15, 0.2) is 60.8 Å². The van der Waals surface area contributed by atoms with Crippen molar-refractivity contribution in [1.29, 1.82) is 0 Å². The molecule has 0 saturated heterocycles. The molecule has 1 saturated carbocycles. The van der Waals surface area contributed by atoms with Crippen LogP contribution in [-0.2, 0) is 30.8 Å². The minimum atomic E-state index is -4.81. The molecule has 0 aliphatic heterocycles. The maximum atomic E-state index is 15.2. The summed E-state index contributed by atoms with van der Waals surface area (Å²) in [7, 11) is -4.79. The number of nitrogens with one attached hydrogen (secondary N) is 3. The van der Waals surface area contributed by atoms with E-state index < -0.39 is 63.7 Å². The van der Waals surface area contributed by atoms with Gasteiger partial charge < -0.3 is 15.4 Å². The molecule has 1 unspecified atom stereocenters. The van der Waals surface area contributed by atoms with Crippen LogP contribution in [0.1, 0.15) is 35.1 Å². The van der Waals surface area contributed by atoms with E-state index >= 15 is 4.39 Å². The lowest BCUT2D eigenvalue weighted by atomic mass is 10.1. The van der Waals surface area contributed by atoms with Gasteiger partial charge in [-0.05, 0) is 36.6 Å². The number of anilines is 1. The van der Waals surface area contributed by atoms with E-state index in [-0.39, 0.29) is 44.8 Å². The Kier molecular flexibility index (Phi) is 10.0. The number of carbonyl (C=O) groups is 3. The van der Waals surface area contributed by atoms with Gasteiger partial charge in [0.2, 0.25) is 11.8 Å². The number of hydrogen-bond donors (Lipinski definition) is 3. The monoisotopic (exact) mass is 693 g/mol. The third-order valence-electron chi connectivity index (χ3n) is 6.87. The normalized spacial score (nSPS) is 14.0. The van der Waals surface area contributed by atoms with Crippen LogP contribution < -0.4 is 16.0 Å². The summed E-state index contributed by atoms with van der Waals surface area (Å²) in [5.41, 5.74) is 1.05. The summed E-state index contributed by atoms with van der Waals surface area (Å²) in [5.74, 6) is -3.87. The Balaban J connectivity index is 1.34. The molecule has 3 N–H and O–H groups in total. The van der Waals surface area contributed by atoms with Gasteiger partial charge in [-0.15, -0.1) is 11.3 Å². The summed E-state index contributed by atoms with van der Waals surface area (Å²) < 4.78 is 85.6. The number of carbonyl (C=O) groups excluding carboxylic acids is 3. The second kappa shape index (κ2) is 14.0. The summed E-state index contributed by atoms with van der Waals surface area (Å²) in [4.78, 5) is 45.5. The van der Waals surface area contributed by atoms with E-state index in [1.807, 2.05) is 6.07 Å². The largest absolute Gasteiger partial charge is 0.444 e. The molecule has 2 heterocycles. The Labute approximate surface area is 269 Å². The highest BCUT2D eigenvalue weighted by atomic mass is 32.2. The highest BCUT2D eigenvalue weighted by molar-refractivity contribution is 7.92. The van der Waals surface area contributed by atoms with Crippen molar-refractivity contribution < 1.29 is 45.1 Å². The Hall–Kier alpha value is -4.64. The SMILES string of the molecule is O=C(CNC(=O)C(c1nc2cc(F)c(-c3ccc(NC(=O)OCc4ccccc4)nc3)cc2s1)S(=O)(=O)CCC(F)(F)F)NC1CC1. The number of ether oxygens (including phenoxy) is 1. The predicted octanol–water partition coefficient (Wildman–Crippen LogP) is 5.05. The molecule has 1 aliphatic carbocycles. The number of alkyl halides is 3. The molecule has 5 rings (SSSR count). The van der Waals surface area contributed by atoms with Crippen LogP contribution in [0.2, 0.25) is 0 Å². The molecular weight excluding hydrogens is 666 g/mol. The average molecular weight is 694 g/mol. The molecule has 3 amide bonds. The van der Waals surface area contributed by atoms with Crippen LogP contribution in [0.25, 0.3) is 21.3 Å². The maximum absolute atomic E-state index is 15.2. The summed E-state index contributed by atoms with van der Waals surface area (Å²) in [6.45, 7) is -0.554. The Morgan fingerprint density at radius 3 is 2.47 bits per heavy atom. The van der Waals surface area contributed by atoms with Crippen molar-refractivity contribution in [1.82, 2.24) is 20.6 Å². The summed E-state index contributed by atoms with van der Waals surface area (Å²) in [6, 6.07) is 14.2. The van der Waals surface area contributed by atoms with Crippen LogP contribution >= 0.6 is 11.3 Å². The van der Waals surface area contributed by atoms with E-state index in [9.17, 15) is 36.0 Å². The van der Waals surface area contributed by atoms with E-state index in [1.165, 1.54) is 24.4 Å². The number of nitrogens with zero attached hydrogens (tertiary/aromatic N) is 2. The number of thiazole rings is 1. The number of hydrogen-bond acceptors (Lipinski definition) is 9. The number of benzene rings is 2. The number of rotatable bonds is 12. The molecule has 0 bridgehead atoms. The minimum absolute atomic E-state index is 0.0241. The molecule has 4 aromatic rings. The molecule has 17 heteroatoms. The molecule has 47 heavy (non-hydrogen) atoms. The van der Waals surface area contributed by atoms with Gasteiger partial charge >= 0.3 is 12.3 Å². The number of amides is 3. The Morgan fingerprint density at radius 1 is 1.06 bits per heavy atom. The van der Waals surface area contributed by atoms with Crippen LogP contribution in [0, 0.1) is 5.82 Å². The van der Waals surface area contributed by atoms with Crippen molar-refractivity contribution >= 4 is 55.1 Å². The third kappa shape index (κ3) is 9.22. The number of aromatic nitrogens is 2. The first kappa shape index (κ1) is 33.7. The first-order valence-corrected chi connectivity index (χ1v) is 16.7. The van der Waals surface area contributed by atoms with Gasteiger partial charge in [-0.3, -0.25) is 14.9 Å². The van der Waals surface area contributed by atoms with Crippen molar-refractivity contribution in [3.05, 3.63) is 77.2 Å². The van der Waals surface area contributed by atoms with Crippen LogP contribution in [0.3, 0.4) is 0 Å². The molecule has 0 radical (unpaired) electrons. The summed E-state index contributed by atoms with van der Waals surface area (Å²) >= 11 is 0.688. The van der Waals surface area contributed by atoms with Gasteiger partial charge in [0.1, 0.15) is 23.2 Å². The molecule has 11 nitrogen and oxygen atoms in total. The summed E-state index contributed by atoms with van der Waals surface area (Å²) in [5, 5.41) is 4.69. The molecule has 1 atom stereocenters. The number of pyridine rings is 1. The smallest absolute Gasteiger partial charge is 0.413 e. The molecule has 2 aromatic carbocycles. The standard InChI is InChI=1S/C30H27F4N5O6S2/c31-21-13-22-23(12-20(21)18-6-9-24(35-14-18)39-29(42)45-16-17-4-2-1-3-5-17)46-28(38-22)26(47(43,44)11-10-30(32,33)34)27(41)36-15-25(40)37-19-7-8-19/h1-6,9,12-14,19,26H,7-8,10-11,15-16H2,(H,36,41)(H,37,40)(H,35,39,42). The van der Waals surface area contributed by atoms with Crippen molar-refractivity contribution in [2.75, 3.05) is 17.6 Å². The van der Waals surface area contributed by atoms with Gasteiger partial charge in [0.25, 0.3) is 0 Å². The zero-order chi connectivity index (χ0) is 33.8. The lowest BCUT2D eigenvalue weighted by Crippen LogP contribution is -2.41. The Morgan fingerprint density at radius 2 is 1.81 bits per heavy atom. The van der Waals surface area contributed by atoms with Crippen LogP contribution in [0.4, 0.5) is 28.2 Å². The first-order valence-electron chi connectivity index (χ1n) is 14.2. The first-order chi connectivity index (χ1) is 22.3. The quantitative estimate of drug-likeness (QED) is 0.174. The van der Waals surface area contributed by atoms with E-state index in [1.54, 1.807) is 24.3 Å². The molecule has 1 fully saturated rings. The van der Waals surface area contributed by atoms with Crippen molar-refractivity contribution in [3.8, 4) is 11.1 Å². The van der Waals surface area contributed by atoms with Gasteiger partial charge in [-0.25, -0.2) is 27.6 Å². The second-order valence-electron chi connectivity index (χ2n) is 10.6. The van der Waals surface area contributed by atoms with E-state index in [2.05, 4.69) is 25.9 Å². The van der Waals surface area contributed by atoms with E-state index in [0.717, 1.165) is 24.5 Å². The minimum Gasteiger partial charge on any atom is -0.444 e. The van der Waals surface area contributed by atoms with Crippen molar-refractivity contribution in [2.24, 2.45) is 0 Å². The van der Waals surface area contributed by atoms with Crippen molar-refractivity contribution in [2.45, 2.75) is 43.3 Å². The van der Waals surface area contributed by atoms with Crippen LogP contribution in [0.5, 0.6) is 0 Å². The molecule has 0 spiro atoms. The topological polar surface area (TPSA) is 156 Å². The molecule has 2 aromatic heterocycles.